The summed E-state index contributed by atoms with van der Waals surface area (Å²) in [5.74, 6) is 0.602. The Kier molecular flexibility index (Phi) is 3.25. The molecule has 3 rings (SSSR count). The van der Waals surface area contributed by atoms with Gasteiger partial charge in [0.1, 0.15) is 5.52 Å². The van der Waals surface area contributed by atoms with Crippen molar-refractivity contribution in [3.05, 3.63) is 24.1 Å². The van der Waals surface area contributed by atoms with Gasteiger partial charge in [0, 0.05) is 32.1 Å². The first kappa shape index (κ1) is 13.2. The molecule has 1 aliphatic rings. The van der Waals surface area contributed by atoms with E-state index >= 15 is 0 Å². The van der Waals surface area contributed by atoms with Gasteiger partial charge in [0.15, 0.2) is 16.6 Å². The lowest BCUT2D eigenvalue weighted by Crippen LogP contribution is -2.25. The molecule has 1 aromatic carbocycles. The maximum atomic E-state index is 12.2. The molecule has 0 aliphatic carbocycles. The Morgan fingerprint density at radius 3 is 3.05 bits per heavy atom. The number of fused-ring (bicyclic) bond motifs is 1. The van der Waals surface area contributed by atoms with E-state index in [2.05, 4.69) is 4.98 Å². The molecule has 0 spiro atoms. The van der Waals surface area contributed by atoms with Gasteiger partial charge >= 0.3 is 0 Å². The molecule has 20 heavy (non-hydrogen) atoms. The Morgan fingerprint density at radius 2 is 2.30 bits per heavy atom. The third-order valence-corrected chi connectivity index (χ3v) is 4.20. The quantitative estimate of drug-likeness (QED) is 0.850. The Balaban J connectivity index is 1.95. The molecule has 1 fully saturated rings. The highest BCUT2D eigenvalue weighted by Gasteiger charge is 2.33. The molecule has 1 aromatic heterocycles. The molecule has 1 aliphatic heterocycles. The number of hydrogen-bond acceptors (Lipinski definition) is 5. The van der Waals surface area contributed by atoms with E-state index < -0.39 is 0 Å². The van der Waals surface area contributed by atoms with E-state index in [-0.39, 0.29) is 16.3 Å². The first-order valence-electron chi connectivity index (χ1n) is 6.38. The van der Waals surface area contributed by atoms with Gasteiger partial charge in [0.25, 0.3) is 0 Å². The van der Waals surface area contributed by atoms with Crippen LogP contribution in [0.3, 0.4) is 0 Å². The summed E-state index contributed by atoms with van der Waals surface area (Å²) < 4.78 is 5.49. The van der Waals surface area contributed by atoms with Gasteiger partial charge in [-0.2, -0.15) is 0 Å². The fourth-order valence-corrected chi connectivity index (χ4v) is 3.40. The number of aromatic nitrogens is 1. The number of aryl methyl sites for hydroxylation is 1. The van der Waals surface area contributed by atoms with Gasteiger partial charge in [-0.25, -0.2) is 4.98 Å². The molecule has 6 heteroatoms. The monoisotopic (exact) mass is 290 g/mol. The van der Waals surface area contributed by atoms with Crippen molar-refractivity contribution in [2.45, 2.75) is 25.5 Å². The Morgan fingerprint density at radius 1 is 1.50 bits per heavy atom. The normalized spacial score (nSPS) is 19.0. The number of amides is 1. The van der Waals surface area contributed by atoms with Crippen molar-refractivity contribution in [1.29, 1.82) is 0 Å². The third-order valence-electron chi connectivity index (χ3n) is 3.22. The summed E-state index contributed by atoms with van der Waals surface area (Å²) in [7, 11) is 0. The van der Waals surface area contributed by atoms with Crippen molar-refractivity contribution in [3.63, 3.8) is 0 Å². The molecule has 104 valence electrons. The second kappa shape index (κ2) is 4.94. The summed E-state index contributed by atoms with van der Waals surface area (Å²) in [6, 6.07) is 5.55. The van der Waals surface area contributed by atoms with Gasteiger partial charge in [0.2, 0.25) is 5.91 Å². The van der Waals surface area contributed by atoms with E-state index in [4.69, 9.17) is 4.42 Å². The van der Waals surface area contributed by atoms with Gasteiger partial charge < -0.3 is 9.32 Å². The van der Waals surface area contributed by atoms with E-state index in [1.54, 1.807) is 11.8 Å². The number of para-hydroxylation sites is 1. The van der Waals surface area contributed by atoms with Crippen LogP contribution in [-0.2, 0) is 9.59 Å². The maximum absolute atomic E-state index is 12.2. The molecule has 2 aromatic rings. The first-order valence-corrected chi connectivity index (χ1v) is 7.26. The minimum Gasteiger partial charge on any atom is -0.441 e. The molecule has 2 heterocycles. The second-order valence-electron chi connectivity index (χ2n) is 4.80. The summed E-state index contributed by atoms with van der Waals surface area (Å²) in [5, 5.41) is 0.0587. The SMILES string of the molecule is CC(=O)SC1CC(=O)N(c2cccc3oc(C)nc23)C1. The van der Waals surface area contributed by atoms with E-state index in [0.717, 1.165) is 5.69 Å². The van der Waals surface area contributed by atoms with Crippen molar-refractivity contribution < 1.29 is 14.0 Å². The van der Waals surface area contributed by atoms with Gasteiger partial charge in [-0.05, 0) is 12.1 Å². The van der Waals surface area contributed by atoms with Gasteiger partial charge in [-0.3, -0.25) is 9.59 Å². The van der Waals surface area contributed by atoms with Crippen molar-refractivity contribution in [2.75, 3.05) is 11.4 Å². The van der Waals surface area contributed by atoms with Crippen LogP contribution in [0.2, 0.25) is 0 Å². The van der Waals surface area contributed by atoms with Crippen molar-refractivity contribution in [2.24, 2.45) is 0 Å². The van der Waals surface area contributed by atoms with Crippen molar-refractivity contribution in [3.8, 4) is 0 Å². The second-order valence-corrected chi connectivity index (χ2v) is 6.27. The molecule has 1 atom stereocenters. The van der Waals surface area contributed by atoms with E-state index in [0.29, 0.717) is 30.0 Å². The molecule has 0 radical (unpaired) electrons. The number of carbonyl (C=O) groups excluding carboxylic acids is 2. The van der Waals surface area contributed by atoms with Crippen LogP contribution in [0.1, 0.15) is 19.2 Å². The summed E-state index contributed by atoms with van der Waals surface area (Å²) in [6.07, 6.45) is 0.386. The number of nitrogens with zero attached hydrogens (tertiary/aromatic N) is 2. The Hall–Kier alpha value is -1.82. The lowest BCUT2D eigenvalue weighted by atomic mass is 10.2. The van der Waals surface area contributed by atoms with Crippen LogP contribution >= 0.6 is 11.8 Å². The molecule has 5 nitrogen and oxygen atoms in total. The fourth-order valence-electron chi connectivity index (χ4n) is 2.48. The van der Waals surface area contributed by atoms with Crippen LogP contribution in [0.4, 0.5) is 5.69 Å². The summed E-state index contributed by atoms with van der Waals surface area (Å²) in [6.45, 7) is 3.84. The third kappa shape index (κ3) is 2.31. The molecular weight excluding hydrogens is 276 g/mol. The van der Waals surface area contributed by atoms with Gasteiger partial charge in [0.05, 0.1) is 5.69 Å². The lowest BCUT2D eigenvalue weighted by molar-refractivity contribution is -0.117. The number of carbonyl (C=O) groups is 2. The highest BCUT2D eigenvalue weighted by atomic mass is 32.2. The van der Waals surface area contributed by atoms with Crippen LogP contribution in [-0.4, -0.2) is 27.8 Å². The van der Waals surface area contributed by atoms with Crippen LogP contribution < -0.4 is 4.90 Å². The molecule has 0 saturated carbocycles. The molecule has 1 amide bonds. The van der Waals surface area contributed by atoms with Crippen LogP contribution in [0.5, 0.6) is 0 Å². The number of anilines is 1. The minimum absolute atomic E-state index is 0.0169. The van der Waals surface area contributed by atoms with Crippen LogP contribution in [0, 0.1) is 6.92 Å². The molecule has 0 bridgehead atoms. The highest BCUT2D eigenvalue weighted by Crippen LogP contribution is 2.33. The lowest BCUT2D eigenvalue weighted by Gasteiger charge is -2.16. The zero-order valence-electron chi connectivity index (χ0n) is 11.3. The number of benzene rings is 1. The summed E-state index contributed by atoms with van der Waals surface area (Å²) in [4.78, 5) is 29.4. The summed E-state index contributed by atoms with van der Waals surface area (Å²) in [5.41, 5.74) is 2.14. The predicted octanol–water partition coefficient (Wildman–Crippen LogP) is 2.52. The number of oxazole rings is 1. The van der Waals surface area contributed by atoms with E-state index in [1.807, 2.05) is 18.2 Å². The smallest absolute Gasteiger partial charge is 0.228 e. The largest absolute Gasteiger partial charge is 0.441 e. The minimum atomic E-state index is 0.0169. The molecular formula is C14H14N2O3S. The number of hydrogen-bond donors (Lipinski definition) is 0. The Labute approximate surface area is 120 Å². The van der Waals surface area contributed by atoms with E-state index in [1.165, 1.54) is 18.7 Å². The van der Waals surface area contributed by atoms with Gasteiger partial charge in [-0.15, -0.1) is 0 Å². The van der Waals surface area contributed by atoms with Crippen molar-refractivity contribution >= 4 is 39.6 Å². The average molecular weight is 290 g/mol. The standard InChI is InChI=1S/C14H14N2O3S/c1-8-15-14-11(4-3-5-12(14)19-8)16-7-10(6-13(16)18)20-9(2)17/h3-5,10H,6-7H2,1-2H3. The maximum Gasteiger partial charge on any atom is 0.228 e. The predicted molar refractivity (Wildman–Crippen MR) is 77.8 cm³/mol. The Bertz CT molecular complexity index is 695. The number of rotatable bonds is 2. The number of thioether (sulfide) groups is 1. The average Bonchev–Trinajstić information content (AvgIpc) is 2.90. The molecule has 1 unspecified atom stereocenters. The topological polar surface area (TPSA) is 63.4 Å². The molecule has 1 saturated heterocycles. The van der Waals surface area contributed by atoms with Crippen molar-refractivity contribution in [1.82, 2.24) is 4.98 Å². The van der Waals surface area contributed by atoms with E-state index in [9.17, 15) is 9.59 Å². The van der Waals surface area contributed by atoms with Gasteiger partial charge in [-0.1, -0.05) is 17.8 Å². The highest BCUT2D eigenvalue weighted by molar-refractivity contribution is 8.14. The van der Waals surface area contributed by atoms with Crippen LogP contribution in [0.25, 0.3) is 11.1 Å². The van der Waals surface area contributed by atoms with Crippen LogP contribution in [0.15, 0.2) is 22.6 Å². The molecule has 0 N–H and O–H groups in total. The fraction of sp³-hybridized carbons (Fsp3) is 0.357. The summed E-state index contributed by atoms with van der Waals surface area (Å²) >= 11 is 1.23. The zero-order chi connectivity index (χ0) is 14.3. The zero-order valence-corrected chi connectivity index (χ0v) is 12.1. The first-order chi connectivity index (χ1) is 9.54.